The van der Waals surface area contributed by atoms with Gasteiger partial charge in [-0.3, -0.25) is 9.69 Å². The quantitative estimate of drug-likeness (QED) is 0.487. The first-order valence-corrected chi connectivity index (χ1v) is 11.5. The van der Waals surface area contributed by atoms with Crippen LogP contribution in [0.2, 0.25) is 0 Å². The molecule has 5 heteroatoms. The first-order chi connectivity index (χ1) is 16.2. The van der Waals surface area contributed by atoms with Crippen LogP contribution in [-0.4, -0.2) is 29.4 Å². The number of amides is 1. The minimum atomic E-state index is -0.428. The van der Waals surface area contributed by atoms with Crippen molar-refractivity contribution in [3.63, 3.8) is 0 Å². The van der Waals surface area contributed by atoms with Gasteiger partial charge in [0.05, 0.1) is 19.1 Å². The molecule has 168 valence electrons. The molecule has 0 bridgehead atoms. The molecule has 33 heavy (non-hydrogen) atoms. The molecule has 3 aromatic rings. The summed E-state index contributed by atoms with van der Waals surface area (Å²) in [5.74, 6) is -0.210. The van der Waals surface area contributed by atoms with Crippen LogP contribution in [0.4, 0.5) is 4.79 Å². The summed E-state index contributed by atoms with van der Waals surface area (Å²) in [4.78, 5) is 27.9. The predicted molar refractivity (Wildman–Crippen MR) is 124 cm³/mol. The lowest BCUT2D eigenvalue weighted by atomic mass is 9.92. The molecule has 1 heterocycles. The van der Waals surface area contributed by atoms with E-state index >= 15 is 0 Å². The van der Waals surface area contributed by atoms with Crippen molar-refractivity contribution >= 4 is 11.9 Å². The van der Waals surface area contributed by atoms with Crippen molar-refractivity contribution in [3.05, 3.63) is 108 Å². The molecule has 0 unspecified atom stereocenters. The van der Waals surface area contributed by atoms with E-state index in [1.54, 1.807) is 4.90 Å². The summed E-state index contributed by atoms with van der Waals surface area (Å²) < 4.78 is 11.9. The zero-order chi connectivity index (χ0) is 22.6. The Hall–Kier alpha value is -3.44. The lowest BCUT2D eigenvalue weighted by Gasteiger charge is -2.33. The zero-order valence-corrected chi connectivity index (χ0v) is 18.4. The second-order valence-electron chi connectivity index (χ2n) is 8.66. The zero-order valence-electron chi connectivity index (χ0n) is 18.4. The first-order valence-electron chi connectivity index (χ1n) is 11.5. The van der Waals surface area contributed by atoms with Gasteiger partial charge in [-0.05, 0) is 23.1 Å². The fourth-order valence-electron chi connectivity index (χ4n) is 5.02. The SMILES string of the molecule is O=C1CC[C@@H](N2C(=O)O[C@@H](c3ccccc3)[C@H]2c2ccccc2)[C@@H]1COCc1ccccc1. The molecule has 5 rings (SSSR count). The average molecular weight is 442 g/mol. The topological polar surface area (TPSA) is 55.8 Å². The maximum absolute atomic E-state index is 13.2. The second-order valence-corrected chi connectivity index (χ2v) is 8.66. The third kappa shape index (κ3) is 4.41. The van der Waals surface area contributed by atoms with Gasteiger partial charge in [-0.1, -0.05) is 91.0 Å². The van der Waals surface area contributed by atoms with Gasteiger partial charge in [-0.15, -0.1) is 0 Å². The van der Waals surface area contributed by atoms with Crippen molar-refractivity contribution in [1.82, 2.24) is 4.90 Å². The number of nitrogens with zero attached hydrogens (tertiary/aromatic N) is 1. The lowest BCUT2D eigenvalue weighted by molar-refractivity contribution is -0.123. The number of Topliss-reactive ketones (excluding diaryl/α,β-unsaturated/α-hetero) is 1. The van der Waals surface area contributed by atoms with Crippen LogP contribution >= 0.6 is 0 Å². The van der Waals surface area contributed by atoms with Crippen LogP contribution in [0.5, 0.6) is 0 Å². The average Bonchev–Trinajstić information content (AvgIpc) is 3.40. The number of cyclic esters (lactones) is 1. The molecule has 1 amide bonds. The van der Waals surface area contributed by atoms with Gasteiger partial charge in [-0.2, -0.15) is 0 Å². The Morgan fingerprint density at radius 3 is 2.09 bits per heavy atom. The third-order valence-corrected chi connectivity index (χ3v) is 6.63. The van der Waals surface area contributed by atoms with Crippen LogP contribution in [0.1, 0.15) is 41.7 Å². The minimum absolute atomic E-state index is 0.149. The van der Waals surface area contributed by atoms with Crippen LogP contribution < -0.4 is 0 Å². The summed E-state index contributed by atoms with van der Waals surface area (Å²) in [6, 6.07) is 29.1. The molecule has 0 aromatic heterocycles. The van der Waals surface area contributed by atoms with Crippen molar-refractivity contribution in [2.75, 3.05) is 6.61 Å². The van der Waals surface area contributed by atoms with E-state index in [0.717, 1.165) is 16.7 Å². The highest BCUT2D eigenvalue weighted by Gasteiger charge is 2.51. The van der Waals surface area contributed by atoms with Crippen molar-refractivity contribution < 1.29 is 19.1 Å². The number of hydrogen-bond donors (Lipinski definition) is 0. The highest BCUT2D eigenvalue weighted by molar-refractivity contribution is 5.85. The van der Waals surface area contributed by atoms with Crippen LogP contribution in [0.15, 0.2) is 91.0 Å². The number of ketones is 1. The number of hydrogen-bond acceptors (Lipinski definition) is 4. The number of ether oxygens (including phenoxy) is 2. The Balaban J connectivity index is 1.41. The number of rotatable bonds is 7. The Morgan fingerprint density at radius 2 is 1.42 bits per heavy atom. The molecule has 0 N–H and O–H groups in total. The van der Waals surface area contributed by atoms with Gasteiger partial charge in [0.2, 0.25) is 0 Å². The second kappa shape index (κ2) is 9.59. The van der Waals surface area contributed by atoms with E-state index in [2.05, 4.69) is 0 Å². The van der Waals surface area contributed by atoms with E-state index in [4.69, 9.17) is 9.47 Å². The smallest absolute Gasteiger partial charge is 0.411 e. The van der Waals surface area contributed by atoms with Crippen molar-refractivity contribution in [1.29, 1.82) is 0 Å². The highest BCUT2D eigenvalue weighted by Crippen LogP contribution is 2.47. The van der Waals surface area contributed by atoms with Gasteiger partial charge in [-0.25, -0.2) is 4.79 Å². The summed E-state index contributed by atoms with van der Waals surface area (Å²) >= 11 is 0. The van der Waals surface area contributed by atoms with Crippen LogP contribution in [0.25, 0.3) is 0 Å². The largest absolute Gasteiger partial charge is 0.439 e. The number of carbonyl (C=O) groups excluding carboxylic acids is 2. The fourth-order valence-corrected chi connectivity index (χ4v) is 5.02. The van der Waals surface area contributed by atoms with Crippen molar-refractivity contribution in [3.8, 4) is 0 Å². The minimum Gasteiger partial charge on any atom is -0.439 e. The Kier molecular flexibility index (Phi) is 6.22. The number of benzene rings is 3. The van der Waals surface area contributed by atoms with Gasteiger partial charge in [0.1, 0.15) is 11.8 Å². The van der Waals surface area contributed by atoms with Crippen LogP contribution in [0, 0.1) is 5.92 Å². The summed E-state index contributed by atoms with van der Waals surface area (Å²) in [5, 5.41) is 0. The van der Waals surface area contributed by atoms with E-state index in [1.165, 1.54) is 0 Å². The standard InChI is InChI=1S/C28H27NO4/c30-25-17-16-24(23(25)19-32-18-20-10-4-1-5-11-20)29-26(21-12-6-2-7-13-21)27(33-28(29)31)22-14-8-3-9-15-22/h1-15,23-24,26-27H,16-19H2/t23-,24+,26+,27-/m0/s1. The first kappa shape index (κ1) is 21.4. The molecule has 1 aliphatic heterocycles. The maximum Gasteiger partial charge on any atom is 0.411 e. The van der Waals surface area contributed by atoms with Crippen molar-refractivity contribution in [2.45, 2.75) is 37.6 Å². The summed E-state index contributed by atoms with van der Waals surface area (Å²) in [5.41, 5.74) is 3.01. The summed E-state index contributed by atoms with van der Waals surface area (Å²) in [6.07, 6.45) is 0.275. The molecule has 1 saturated carbocycles. The highest BCUT2D eigenvalue weighted by atomic mass is 16.6. The van der Waals surface area contributed by atoms with E-state index in [9.17, 15) is 9.59 Å². The third-order valence-electron chi connectivity index (χ3n) is 6.63. The molecule has 1 saturated heterocycles. The molecule has 0 radical (unpaired) electrons. The molecule has 1 aliphatic carbocycles. The molecular weight excluding hydrogens is 414 g/mol. The van der Waals surface area contributed by atoms with Crippen LogP contribution in [-0.2, 0) is 20.9 Å². The molecule has 5 nitrogen and oxygen atoms in total. The monoisotopic (exact) mass is 441 g/mol. The Labute approximate surface area is 193 Å². The Bertz CT molecular complexity index is 1090. The van der Waals surface area contributed by atoms with Gasteiger partial charge in [0.15, 0.2) is 6.10 Å². The molecule has 3 aromatic carbocycles. The molecule has 0 spiro atoms. The molecule has 4 atom stereocenters. The molecule has 2 fully saturated rings. The van der Waals surface area contributed by atoms with E-state index in [-0.39, 0.29) is 29.9 Å². The Morgan fingerprint density at radius 1 is 0.818 bits per heavy atom. The molecular formula is C28H27NO4. The maximum atomic E-state index is 13.2. The van der Waals surface area contributed by atoms with Gasteiger partial charge >= 0.3 is 6.09 Å². The van der Waals surface area contributed by atoms with E-state index in [0.29, 0.717) is 26.1 Å². The predicted octanol–water partition coefficient (Wildman–Crippen LogP) is 5.49. The summed E-state index contributed by atoms with van der Waals surface area (Å²) in [7, 11) is 0. The van der Waals surface area contributed by atoms with Crippen molar-refractivity contribution in [2.24, 2.45) is 5.92 Å². The van der Waals surface area contributed by atoms with Gasteiger partial charge < -0.3 is 9.47 Å². The van der Waals surface area contributed by atoms with Gasteiger partial charge in [0, 0.05) is 12.5 Å². The fraction of sp³-hybridized carbons (Fsp3) is 0.286. The molecule has 2 aliphatic rings. The lowest BCUT2D eigenvalue weighted by Crippen LogP contribution is -2.43. The summed E-state index contributed by atoms with van der Waals surface area (Å²) in [6.45, 7) is 0.732. The van der Waals surface area contributed by atoms with E-state index in [1.807, 2.05) is 91.0 Å². The van der Waals surface area contributed by atoms with E-state index < -0.39 is 6.10 Å². The van der Waals surface area contributed by atoms with Crippen LogP contribution in [0.3, 0.4) is 0 Å². The van der Waals surface area contributed by atoms with Gasteiger partial charge in [0.25, 0.3) is 0 Å². The normalized spacial score (nSPS) is 24.8. The number of carbonyl (C=O) groups is 2.